The Balaban J connectivity index is 1.74. The third-order valence-corrected chi connectivity index (χ3v) is 5.27. The molecule has 1 aromatic heterocycles. The number of benzene rings is 2. The van der Waals surface area contributed by atoms with Crippen LogP contribution < -0.4 is 5.32 Å². The van der Waals surface area contributed by atoms with Crippen LogP contribution >= 0.6 is 0 Å². The summed E-state index contributed by atoms with van der Waals surface area (Å²) >= 11 is 0. The van der Waals surface area contributed by atoms with Gasteiger partial charge in [-0.1, -0.05) is 50.1 Å². The first-order valence-corrected chi connectivity index (χ1v) is 10.6. The van der Waals surface area contributed by atoms with Crippen LogP contribution in [0.15, 0.2) is 66.9 Å². The third kappa shape index (κ3) is 5.96. The largest absolute Gasteiger partial charge is 0.345 e. The zero-order valence-electron chi connectivity index (χ0n) is 17.8. The molecule has 3 aromatic rings. The Kier molecular flexibility index (Phi) is 7.66. The maximum absolute atomic E-state index is 13.5. The predicted molar refractivity (Wildman–Crippen MR) is 120 cm³/mol. The molecule has 0 atom stereocenters. The topological polar surface area (TPSA) is 37.3 Å². The van der Waals surface area contributed by atoms with Crippen molar-refractivity contribution in [3.63, 3.8) is 0 Å². The standard InChI is InChI=1S/C25H30FN3O/c1-3-4-7-15-29(25(30)27-23-13-8-12-22(26)17-23)19-24-14-9-16-28(24)18-21-11-6-5-10-20(21)2/h5-6,8-14,16-17H,3-4,7,15,18-19H2,1-2H3,(H,27,30). The number of halogens is 1. The minimum atomic E-state index is -0.363. The molecular formula is C25H30FN3O. The van der Waals surface area contributed by atoms with Crippen LogP contribution in [0.2, 0.25) is 0 Å². The number of anilines is 1. The highest BCUT2D eigenvalue weighted by molar-refractivity contribution is 5.89. The molecule has 0 aliphatic rings. The molecule has 1 heterocycles. The van der Waals surface area contributed by atoms with E-state index in [0.717, 1.165) is 31.5 Å². The highest BCUT2D eigenvalue weighted by Crippen LogP contribution is 2.16. The molecule has 1 N–H and O–H groups in total. The van der Waals surface area contributed by atoms with Crippen molar-refractivity contribution >= 4 is 11.7 Å². The van der Waals surface area contributed by atoms with Gasteiger partial charge in [0.15, 0.2) is 0 Å². The molecule has 2 amide bonds. The normalized spacial score (nSPS) is 10.8. The van der Waals surface area contributed by atoms with E-state index >= 15 is 0 Å². The number of nitrogens with one attached hydrogen (secondary N) is 1. The molecule has 158 valence electrons. The van der Waals surface area contributed by atoms with Crippen LogP contribution in [-0.4, -0.2) is 22.0 Å². The van der Waals surface area contributed by atoms with Gasteiger partial charge in [-0.25, -0.2) is 9.18 Å². The number of nitrogens with zero attached hydrogens (tertiary/aromatic N) is 2. The lowest BCUT2D eigenvalue weighted by atomic mass is 10.1. The summed E-state index contributed by atoms with van der Waals surface area (Å²) in [5, 5.41) is 2.84. The molecule has 0 radical (unpaired) electrons. The summed E-state index contributed by atoms with van der Waals surface area (Å²) in [6.45, 7) is 6.18. The predicted octanol–water partition coefficient (Wildman–Crippen LogP) is 6.21. The van der Waals surface area contributed by atoms with E-state index in [0.29, 0.717) is 18.8 Å². The zero-order valence-corrected chi connectivity index (χ0v) is 17.8. The van der Waals surface area contributed by atoms with Crippen molar-refractivity contribution in [3.8, 4) is 0 Å². The van der Waals surface area contributed by atoms with Gasteiger partial charge in [0.05, 0.1) is 6.54 Å². The van der Waals surface area contributed by atoms with Crippen molar-refractivity contribution < 1.29 is 9.18 Å². The van der Waals surface area contributed by atoms with E-state index in [-0.39, 0.29) is 11.8 Å². The fourth-order valence-electron chi connectivity index (χ4n) is 3.49. The number of hydrogen-bond acceptors (Lipinski definition) is 1. The monoisotopic (exact) mass is 407 g/mol. The van der Waals surface area contributed by atoms with E-state index < -0.39 is 0 Å². The molecule has 2 aromatic carbocycles. The maximum Gasteiger partial charge on any atom is 0.322 e. The van der Waals surface area contributed by atoms with E-state index in [2.05, 4.69) is 54.2 Å². The first kappa shape index (κ1) is 21.6. The van der Waals surface area contributed by atoms with Gasteiger partial charge in [0.25, 0.3) is 0 Å². The van der Waals surface area contributed by atoms with Crippen LogP contribution in [0.4, 0.5) is 14.9 Å². The van der Waals surface area contributed by atoms with E-state index in [1.54, 1.807) is 12.1 Å². The SMILES string of the molecule is CCCCCN(Cc1cccn1Cc1ccccc1C)C(=O)Nc1cccc(F)c1. The molecule has 3 rings (SSSR count). The summed E-state index contributed by atoms with van der Waals surface area (Å²) in [5.74, 6) is -0.363. The van der Waals surface area contributed by atoms with Gasteiger partial charge >= 0.3 is 6.03 Å². The quantitative estimate of drug-likeness (QED) is 0.421. The lowest BCUT2D eigenvalue weighted by Crippen LogP contribution is -2.36. The fourth-order valence-corrected chi connectivity index (χ4v) is 3.49. The smallest absolute Gasteiger partial charge is 0.322 e. The van der Waals surface area contributed by atoms with Gasteiger partial charge in [-0.05, 0) is 54.8 Å². The highest BCUT2D eigenvalue weighted by atomic mass is 19.1. The molecule has 0 saturated heterocycles. The lowest BCUT2D eigenvalue weighted by molar-refractivity contribution is 0.206. The Labute approximate surface area is 178 Å². The first-order chi connectivity index (χ1) is 14.6. The summed E-state index contributed by atoms with van der Waals surface area (Å²) in [5.41, 5.74) is 4.05. The van der Waals surface area contributed by atoms with E-state index in [1.807, 2.05) is 17.0 Å². The molecule has 0 fully saturated rings. The van der Waals surface area contributed by atoms with Gasteiger partial charge in [-0.3, -0.25) is 0 Å². The molecule has 0 spiro atoms. The van der Waals surface area contributed by atoms with Crippen molar-refractivity contribution in [1.82, 2.24) is 9.47 Å². The van der Waals surface area contributed by atoms with E-state index in [9.17, 15) is 9.18 Å². The van der Waals surface area contributed by atoms with Crippen LogP contribution in [0.3, 0.4) is 0 Å². The van der Waals surface area contributed by atoms with Crippen LogP contribution in [0, 0.1) is 12.7 Å². The summed E-state index contributed by atoms with van der Waals surface area (Å²) in [4.78, 5) is 14.8. The van der Waals surface area contributed by atoms with Crippen molar-refractivity contribution in [3.05, 3.63) is 89.5 Å². The minimum Gasteiger partial charge on any atom is -0.345 e. The van der Waals surface area contributed by atoms with Gasteiger partial charge in [0.1, 0.15) is 5.82 Å². The molecule has 0 bridgehead atoms. The molecular weight excluding hydrogens is 377 g/mol. The number of aryl methyl sites for hydroxylation is 1. The summed E-state index contributed by atoms with van der Waals surface area (Å²) in [6.07, 6.45) is 5.14. The highest BCUT2D eigenvalue weighted by Gasteiger charge is 2.16. The molecule has 4 nitrogen and oxygen atoms in total. The summed E-state index contributed by atoms with van der Waals surface area (Å²) in [6, 6.07) is 18.2. The van der Waals surface area contributed by atoms with Crippen molar-refractivity contribution in [1.29, 1.82) is 0 Å². The van der Waals surface area contributed by atoms with Gasteiger partial charge in [-0.15, -0.1) is 0 Å². The number of unbranched alkanes of at least 4 members (excludes halogenated alkanes) is 2. The van der Waals surface area contributed by atoms with Crippen molar-refractivity contribution in [2.45, 2.75) is 46.2 Å². The molecule has 0 aliphatic carbocycles. The Morgan fingerprint density at radius 2 is 1.90 bits per heavy atom. The number of rotatable bonds is 9. The zero-order chi connectivity index (χ0) is 21.3. The van der Waals surface area contributed by atoms with E-state index in [1.165, 1.54) is 23.3 Å². The Hall–Kier alpha value is -3.08. The van der Waals surface area contributed by atoms with Gasteiger partial charge in [0.2, 0.25) is 0 Å². The lowest BCUT2D eigenvalue weighted by Gasteiger charge is -2.24. The average molecular weight is 408 g/mol. The molecule has 30 heavy (non-hydrogen) atoms. The van der Waals surface area contributed by atoms with Crippen molar-refractivity contribution in [2.75, 3.05) is 11.9 Å². The number of carbonyl (C=O) groups excluding carboxylic acids is 1. The molecule has 0 unspecified atom stereocenters. The fraction of sp³-hybridized carbons (Fsp3) is 0.320. The summed E-state index contributed by atoms with van der Waals surface area (Å²) in [7, 11) is 0. The Bertz CT molecular complexity index is 966. The van der Waals surface area contributed by atoms with Gasteiger partial charge in [-0.2, -0.15) is 0 Å². The first-order valence-electron chi connectivity index (χ1n) is 10.6. The van der Waals surface area contributed by atoms with Gasteiger partial charge < -0.3 is 14.8 Å². The number of carbonyl (C=O) groups is 1. The van der Waals surface area contributed by atoms with Crippen LogP contribution in [0.5, 0.6) is 0 Å². The van der Waals surface area contributed by atoms with Crippen LogP contribution in [-0.2, 0) is 13.1 Å². The number of urea groups is 1. The average Bonchev–Trinajstić information content (AvgIpc) is 3.16. The third-order valence-electron chi connectivity index (χ3n) is 5.27. The maximum atomic E-state index is 13.5. The summed E-state index contributed by atoms with van der Waals surface area (Å²) < 4.78 is 15.7. The Morgan fingerprint density at radius 1 is 1.07 bits per heavy atom. The number of hydrogen-bond donors (Lipinski definition) is 1. The second-order valence-corrected chi connectivity index (χ2v) is 7.62. The second-order valence-electron chi connectivity index (χ2n) is 7.62. The van der Waals surface area contributed by atoms with E-state index in [4.69, 9.17) is 0 Å². The number of aromatic nitrogens is 1. The van der Waals surface area contributed by atoms with Crippen molar-refractivity contribution in [2.24, 2.45) is 0 Å². The molecule has 0 aliphatic heterocycles. The van der Waals surface area contributed by atoms with Gasteiger partial charge in [0, 0.05) is 30.7 Å². The second kappa shape index (κ2) is 10.6. The molecule has 0 saturated carbocycles. The Morgan fingerprint density at radius 3 is 2.67 bits per heavy atom. The van der Waals surface area contributed by atoms with Crippen LogP contribution in [0.1, 0.15) is 43.0 Å². The van der Waals surface area contributed by atoms with Crippen LogP contribution in [0.25, 0.3) is 0 Å². The minimum absolute atomic E-state index is 0.208. The molecule has 5 heteroatoms. The number of amides is 2.